The van der Waals surface area contributed by atoms with Crippen molar-refractivity contribution in [3.63, 3.8) is 0 Å². The molecule has 2 aromatic rings. The van der Waals surface area contributed by atoms with Crippen LogP contribution in [0.4, 0.5) is 0 Å². The highest BCUT2D eigenvalue weighted by Gasteiger charge is 1.99. The molecule has 0 aliphatic carbocycles. The van der Waals surface area contributed by atoms with E-state index in [1.54, 1.807) is 28.3 Å². The van der Waals surface area contributed by atoms with Crippen LogP contribution in [-0.4, -0.2) is 29.7 Å². The summed E-state index contributed by atoms with van der Waals surface area (Å²) in [6, 6.07) is 0. The smallest absolute Gasteiger partial charge is 0.213 e. The van der Waals surface area contributed by atoms with Gasteiger partial charge in [0.25, 0.3) is 0 Å². The van der Waals surface area contributed by atoms with E-state index in [0.29, 0.717) is 0 Å². The van der Waals surface area contributed by atoms with E-state index in [2.05, 4.69) is 43.0 Å². The Labute approximate surface area is 75.4 Å². The Morgan fingerprint density at radius 1 is 1.09 bits per heavy atom. The van der Waals surface area contributed by atoms with Crippen LogP contribution in [-0.2, 0) is 0 Å². The zero-order chi connectivity index (χ0) is 7.68. The predicted octanol–water partition coefficient (Wildman–Crippen LogP) is -0.214. The van der Waals surface area contributed by atoms with Gasteiger partial charge in [0.1, 0.15) is 19.0 Å². The minimum atomic E-state index is 0.766. The maximum Gasteiger partial charge on any atom is 0.213 e. The van der Waals surface area contributed by atoms with E-state index in [4.69, 9.17) is 0 Å². The quantitative estimate of drug-likeness (QED) is 0.667. The van der Waals surface area contributed by atoms with E-state index in [1.165, 1.54) is 0 Å². The average molecular weight is 262 g/mol. The van der Waals surface area contributed by atoms with Gasteiger partial charge in [0.05, 0.1) is 0 Å². The fourth-order valence-electron chi connectivity index (χ4n) is 0.677. The Bertz CT molecular complexity index is 337. The molecule has 2 rings (SSSR count). The van der Waals surface area contributed by atoms with Crippen molar-refractivity contribution in [3.8, 4) is 0 Å². The van der Waals surface area contributed by atoms with Crippen molar-refractivity contribution in [1.82, 2.24) is 29.7 Å². The van der Waals surface area contributed by atoms with Gasteiger partial charge in [-0.05, 0) is 0 Å². The van der Waals surface area contributed by atoms with Crippen LogP contribution in [0.5, 0.6) is 0 Å². The fraction of sp³-hybridized carbons (Fsp3) is 0. The summed E-state index contributed by atoms with van der Waals surface area (Å²) in [5.74, 6) is 0. The molecule has 6 nitrogen and oxygen atoms in total. The maximum absolute atomic E-state index is 3.80. The van der Waals surface area contributed by atoms with E-state index < -0.39 is 0 Å². The van der Waals surface area contributed by atoms with Crippen LogP contribution in [0.3, 0.4) is 0 Å². The summed E-state index contributed by atoms with van der Waals surface area (Å²) in [6.45, 7) is 0. The summed E-state index contributed by atoms with van der Waals surface area (Å²) in [6.07, 6.45) is 4.74. The zero-order valence-electron chi connectivity index (χ0n) is 5.29. The molecule has 11 heavy (non-hydrogen) atoms. The molecule has 0 atom stereocenters. The van der Waals surface area contributed by atoms with Gasteiger partial charge < -0.3 is 0 Å². The highest BCUT2D eigenvalue weighted by atomic mass is 127. The molecule has 2 heterocycles. The molecule has 0 aromatic carbocycles. The number of aromatic nitrogens is 6. The topological polar surface area (TPSA) is 61.4 Å². The van der Waals surface area contributed by atoms with E-state index in [0.717, 1.165) is 3.83 Å². The second-order valence-corrected chi connectivity index (χ2v) is 2.75. The van der Waals surface area contributed by atoms with E-state index in [1.807, 2.05) is 0 Å². The number of rotatable bonds is 1. The van der Waals surface area contributed by atoms with E-state index in [9.17, 15) is 0 Å². The summed E-state index contributed by atoms with van der Waals surface area (Å²) in [5, 5.41) is 14.8. The molecule has 7 heteroatoms. The van der Waals surface area contributed by atoms with Crippen molar-refractivity contribution < 1.29 is 0 Å². The van der Waals surface area contributed by atoms with Crippen LogP contribution in [0.2, 0.25) is 0 Å². The van der Waals surface area contributed by atoms with Crippen molar-refractivity contribution in [2.24, 2.45) is 0 Å². The van der Waals surface area contributed by atoms with Gasteiger partial charge in [-0.1, -0.05) is 0 Å². The lowest BCUT2D eigenvalue weighted by Gasteiger charge is -1.98. The third kappa shape index (κ3) is 1.11. The molecular weight excluding hydrogens is 259 g/mol. The Hall–Kier alpha value is -0.990. The molecule has 0 unspecified atom stereocenters. The lowest BCUT2D eigenvalue weighted by molar-refractivity contribution is 0.634. The third-order valence-corrected chi connectivity index (χ3v) is 1.86. The molecule has 0 aliphatic heterocycles. The second kappa shape index (κ2) is 2.57. The lowest BCUT2D eigenvalue weighted by atomic mass is 11.1. The SMILES string of the molecule is Ic1nncn1-n1cnnc1. The first-order chi connectivity index (χ1) is 5.38. The van der Waals surface area contributed by atoms with Gasteiger partial charge >= 0.3 is 0 Å². The number of nitrogens with zero attached hydrogens (tertiary/aromatic N) is 6. The van der Waals surface area contributed by atoms with Crippen molar-refractivity contribution in [1.29, 1.82) is 0 Å². The highest BCUT2D eigenvalue weighted by molar-refractivity contribution is 14.1. The molecule has 0 N–H and O–H groups in total. The second-order valence-electron chi connectivity index (χ2n) is 1.79. The average Bonchev–Trinajstić information content (AvgIpc) is 2.55. The summed E-state index contributed by atoms with van der Waals surface area (Å²) < 4.78 is 4.17. The number of halogens is 1. The van der Waals surface area contributed by atoms with Gasteiger partial charge in [0.2, 0.25) is 3.83 Å². The zero-order valence-corrected chi connectivity index (χ0v) is 7.45. The molecule has 0 spiro atoms. The Morgan fingerprint density at radius 3 is 2.36 bits per heavy atom. The minimum absolute atomic E-state index is 0.766. The molecular formula is C4H3IN6. The maximum atomic E-state index is 3.80. The van der Waals surface area contributed by atoms with E-state index in [-0.39, 0.29) is 0 Å². The molecule has 0 fully saturated rings. The van der Waals surface area contributed by atoms with Gasteiger partial charge in [0, 0.05) is 22.6 Å². The largest absolute Gasteiger partial charge is 0.220 e. The van der Waals surface area contributed by atoms with Crippen LogP contribution in [0.15, 0.2) is 19.0 Å². The summed E-state index contributed by atoms with van der Waals surface area (Å²) in [4.78, 5) is 0. The highest BCUT2D eigenvalue weighted by Crippen LogP contribution is 1.98. The first-order valence-corrected chi connectivity index (χ1v) is 3.86. The van der Waals surface area contributed by atoms with Crippen LogP contribution >= 0.6 is 22.6 Å². The van der Waals surface area contributed by atoms with Crippen LogP contribution < -0.4 is 0 Å². The first-order valence-electron chi connectivity index (χ1n) is 2.79. The van der Waals surface area contributed by atoms with Crippen molar-refractivity contribution in [2.75, 3.05) is 0 Å². The fourth-order valence-corrected chi connectivity index (χ4v) is 1.18. The van der Waals surface area contributed by atoms with E-state index >= 15 is 0 Å². The molecule has 56 valence electrons. The summed E-state index contributed by atoms with van der Waals surface area (Å²) in [7, 11) is 0. The Morgan fingerprint density at radius 2 is 1.82 bits per heavy atom. The molecule has 0 bridgehead atoms. The van der Waals surface area contributed by atoms with Crippen molar-refractivity contribution in [2.45, 2.75) is 0 Å². The van der Waals surface area contributed by atoms with Gasteiger partial charge in [0.15, 0.2) is 0 Å². The molecule has 0 radical (unpaired) electrons. The standard InChI is InChI=1S/C4H3IN6/c5-4-9-8-3-11(4)10-1-6-7-2-10/h1-3H. The normalized spacial score (nSPS) is 10.3. The summed E-state index contributed by atoms with van der Waals surface area (Å²) >= 11 is 2.07. The molecule has 2 aromatic heterocycles. The monoisotopic (exact) mass is 262 g/mol. The molecule has 0 saturated carbocycles. The first kappa shape index (κ1) is 6.70. The van der Waals surface area contributed by atoms with Crippen LogP contribution in [0.1, 0.15) is 0 Å². The molecule has 0 saturated heterocycles. The van der Waals surface area contributed by atoms with Crippen LogP contribution in [0.25, 0.3) is 0 Å². The number of hydrogen-bond acceptors (Lipinski definition) is 4. The van der Waals surface area contributed by atoms with Gasteiger partial charge in [-0.2, -0.15) is 0 Å². The van der Waals surface area contributed by atoms with Gasteiger partial charge in [-0.15, -0.1) is 20.4 Å². The summed E-state index contributed by atoms with van der Waals surface area (Å²) in [5.41, 5.74) is 0. The van der Waals surface area contributed by atoms with Crippen molar-refractivity contribution >= 4 is 22.6 Å². The molecule has 0 aliphatic rings. The van der Waals surface area contributed by atoms with Crippen molar-refractivity contribution in [3.05, 3.63) is 22.8 Å². The van der Waals surface area contributed by atoms with Gasteiger partial charge in [-0.25, -0.2) is 9.35 Å². The third-order valence-electron chi connectivity index (χ3n) is 1.15. The molecule has 0 amide bonds. The predicted molar refractivity (Wildman–Crippen MR) is 43.6 cm³/mol. The minimum Gasteiger partial charge on any atom is -0.220 e. The van der Waals surface area contributed by atoms with Gasteiger partial charge in [-0.3, -0.25) is 0 Å². The number of hydrogen-bond donors (Lipinski definition) is 0. The van der Waals surface area contributed by atoms with Crippen LogP contribution in [0, 0.1) is 3.83 Å². The Balaban J connectivity index is 2.53. The lowest BCUT2D eigenvalue weighted by Crippen LogP contribution is -2.06. The Kier molecular flexibility index (Phi) is 1.56.